The fraction of sp³-hybridized carbons (Fsp3) is 0.667. The minimum Gasteiger partial charge on any atom is -0.448 e. The summed E-state index contributed by atoms with van der Waals surface area (Å²) in [6.07, 6.45) is -0.785. The molecule has 4 nitrogen and oxygen atoms in total. The molecule has 8 heavy (non-hydrogen) atoms. The number of hydrogen-bond donors (Lipinski definition) is 0. The van der Waals surface area contributed by atoms with Crippen molar-refractivity contribution >= 4 is 15.4 Å². The molecule has 1 heterocycles. The van der Waals surface area contributed by atoms with Crippen molar-refractivity contribution in [3.05, 3.63) is 0 Å². The molecule has 0 spiro atoms. The fourth-order valence-corrected chi connectivity index (χ4v) is 0.439. The Labute approximate surface area is 48.4 Å². The van der Waals surface area contributed by atoms with Gasteiger partial charge < -0.3 is 14.0 Å². The van der Waals surface area contributed by atoms with Crippen LogP contribution < -0.4 is 0 Å². The van der Waals surface area contributed by atoms with Crippen LogP contribution in [0, 0.1) is 0 Å². The predicted molar refractivity (Wildman–Crippen MR) is 26.6 cm³/mol. The molecule has 0 amide bonds. The van der Waals surface area contributed by atoms with E-state index < -0.39 is 12.3 Å². The standard InChI is InChI=1S/C3H5O4P/c4-2(7-8)3-5-1-6-3/h3H,1,8H2. The lowest BCUT2D eigenvalue weighted by Gasteiger charge is -2.23. The van der Waals surface area contributed by atoms with Gasteiger partial charge in [0.2, 0.25) is 0 Å². The van der Waals surface area contributed by atoms with Crippen molar-refractivity contribution in [2.75, 3.05) is 6.79 Å². The van der Waals surface area contributed by atoms with E-state index in [1.165, 1.54) is 0 Å². The predicted octanol–water partition coefficient (Wildman–Crippen LogP) is -0.350. The zero-order valence-electron chi connectivity index (χ0n) is 3.99. The zero-order valence-corrected chi connectivity index (χ0v) is 5.15. The van der Waals surface area contributed by atoms with Crippen LogP contribution in [0.15, 0.2) is 0 Å². The average Bonchev–Trinajstić information content (AvgIpc) is 1.62. The van der Waals surface area contributed by atoms with E-state index in [0.29, 0.717) is 0 Å². The molecule has 0 bridgehead atoms. The van der Waals surface area contributed by atoms with Crippen molar-refractivity contribution in [1.29, 1.82) is 0 Å². The van der Waals surface area contributed by atoms with Crippen molar-refractivity contribution in [1.82, 2.24) is 0 Å². The van der Waals surface area contributed by atoms with Crippen molar-refractivity contribution in [3.8, 4) is 0 Å². The largest absolute Gasteiger partial charge is 0.448 e. The summed E-state index contributed by atoms with van der Waals surface area (Å²) in [4.78, 5) is 10.3. The van der Waals surface area contributed by atoms with Gasteiger partial charge >= 0.3 is 5.97 Å². The molecule has 1 aliphatic rings. The first-order valence-corrected chi connectivity index (χ1v) is 2.45. The van der Waals surface area contributed by atoms with Gasteiger partial charge in [0.1, 0.15) is 0 Å². The molecule has 0 saturated carbocycles. The molecule has 0 radical (unpaired) electrons. The normalized spacial score (nSPS) is 19.6. The maximum Gasteiger partial charge on any atom is 0.365 e. The number of carbonyl (C=O) groups is 1. The smallest absolute Gasteiger partial charge is 0.365 e. The third-order valence-corrected chi connectivity index (χ3v) is 0.980. The van der Waals surface area contributed by atoms with Crippen LogP contribution in [-0.4, -0.2) is 19.1 Å². The topological polar surface area (TPSA) is 44.8 Å². The molecular weight excluding hydrogens is 131 g/mol. The van der Waals surface area contributed by atoms with Gasteiger partial charge in [-0.1, -0.05) is 0 Å². The summed E-state index contributed by atoms with van der Waals surface area (Å²) >= 11 is 0. The first-order valence-electron chi connectivity index (χ1n) is 1.98. The molecule has 0 aliphatic carbocycles. The quantitative estimate of drug-likeness (QED) is 0.462. The highest BCUT2D eigenvalue weighted by Crippen LogP contribution is 2.09. The van der Waals surface area contributed by atoms with E-state index >= 15 is 0 Å². The summed E-state index contributed by atoms with van der Waals surface area (Å²) in [7, 11) is 1.82. The fourth-order valence-electron chi connectivity index (χ4n) is 0.328. The van der Waals surface area contributed by atoms with Gasteiger partial charge in [-0.2, -0.15) is 0 Å². The summed E-state index contributed by atoms with van der Waals surface area (Å²) in [5.41, 5.74) is 0. The average molecular weight is 136 g/mol. The highest BCUT2D eigenvalue weighted by atomic mass is 31.0. The lowest BCUT2D eigenvalue weighted by molar-refractivity contribution is -0.309. The molecule has 0 N–H and O–H groups in total. The molecule has 5 heteroatoms. The van der Waals surface area contributed by atoms with Gasteiger partial charge in [0.25, 0.3) is 6.29 Å². The minimum absolute atomic E-state index is 0.185. The zero-order chi connectivity index (χ0) is 5.98. The number of ether oxygens (including phenoxy) is 2. The summed E-state index contributed by atoms with van der Waals surface area (Å²) in [6.45, 7) is 0.185. The van der Waals surface area contributed by atoms with Crippen molar-refractivity contribution < 1.29 is 18.8 Å². The number of hydrogen-bond acceptors (Lipinski definition) is 4. The molecule has 1 unspecified atom stereocenters. The Bertz CT molecular complexity index is 99.5. The second kappa shape index (κ2) is 2.40. The van der Waals surface area contributed by atoms with E-state index in [-0.39, 0.29) is 6.79 Å². The van der Waals surface area contributed by atoms with Crippen LogP contribution in [0.2, 0.25) is 0 Å². The Kier molecular flexibility index (Phi) is 1.78. The minimum atomic E-state index is -0.785. The van der Waals surface area contributed by atoms with Gasteiger partial charge in [-0.3, -0.25) is 0 Å². The van der Waals surface area contributed by atoms with E-state index in [9.17, 15) is 4.79 Å². The molecule has 0 aromatic heterocycles. The molecule has 1 aliphatic heterocycles. The first kappa shape index (κ1) is 5.95. The van der Waals surface area contributed by atoms with Gasteiger partial charge in [0, 0.05) is 0 Å². The van der Waals surface area contributed by atoms with Crippen molar-refractivity contribution in [2.24, 2.45) is 0 Å². The van der Waals surface area contributed by atoms with Crippen LogP contribution in [0.25, 0.3) is 0 Å². The second-order valence-corrected chi connectivity index (χ2v) is 1.46. The Morgan fingerprint density at radius 1 is 1.75 bits per heavy atom. The van der Waals surface area contributed by atoms with E-state index in [1.807, 2.05) is 9.47 Å². The van der Waals surface area contributed by atoms with Crippen LogP contribution in [0.4, 0.5) is 0 Å². The van der Waals surface area contributed by atoms with Gasteiger partial charge in [-0.05, 0) is 0 Å². The molecule has 1 fully saturated rings. The molecule has 0 aromatic carbocycles. The van der Waals surface area contributed by atoms with E-state index in [1.54, 1.807) is 0 Å². The van der Waals surface area contributed by atoms with Gasteiger partial charge in [0.15, 0.2) is 6.79 Å². The Balaban J connectivity index is 2.24. The number of carbonyl (C=O) groups excluding carboxylic acids is 1. The monoisotopic (exact) mass is 136 g/mol. The molecular formula is C3H5O4P. The summed E-state index contributed by atoms with van der Waals surface area (Å²) in [5, 5.41) is 0. The van der Waals surface area contributed by atoms with Crippen LogP contribution >= 0.6 is 9.47 Å². The lowest BCUT2D eigenvalue weighted by atomic mass is 10.6. The van der Waals surface area contributed by atoms with Crippen molar-refractivity contribution in [3.63, 3.8) is 0 Å². The summed E-state index contributed by atoms with van der Waals surface area (Å²) in [6, 6.07) is 0. The maximum absolute atomic E-state index is 10.3. The first-order chi connectivity index (χ1) is 3.84. The highest BCUT2D eigenvalue weighted by molar-refractivity contribution is 7.10. The second-order valence-electron chi connectivity index (χ2n) is 1.22. The molecule has 1 atom stereocenters. The summed E-state index contributed by atoms with van der Waals surface area (Å²) < 4.78 is 13.3. The molecule has 0 aromatic rings. The Hall–Kier alpha value is -0.180. The number of rotatable bonds is 1. The van der Waals surface area contributed by atoms with Crippen LogP contribution in [0.1, 0.15) is 0 Å². The third kappa shape index (κ3) is 0.968. The van der Waals surface area contributed by atoms with Gasteiger partial charge in [-0.15, -0.1) is 0 Å². The molecule has 1 rings (SSSR count). The Morgan fingerprint density at radius 3 is 2.50 bits per heavy atom. The van der Waals surface area contributed by atoms with Gasteiger partial charge in [-0.25, -0.2) is 4.79 Å². The summed E-state index contributed by atoms with van der Waals surface area (Å²) in [5.74, 6) is -0.513. The molecule has 1 saturated heterocycles. The molecule has 46 valence electrons. The maximum atomic E-state index is 10.3. The Morgan fingerprint density at radius 2 is 2.38 bits per heavy atom. The van der Waals surface area contributed by atoms with Gasteiger partial charge in [0.05, 0.1) is 9.47 Å². The van der Waals surface area contributed by atoms with E-state index in [2.05, 4.69) is 14.0 Å². The lowest BCUT2D eigenvalue weighted by Crippen LogP contribution is -2.37. The van der Waals surface area contributed by atoms with E-state index in [0.717, 1.165) is 0 Å². The van der Waals surface area contributed by atoms with Crippen LogP contribution in [-0.2, 0) is 18.8 Å². The SMILES string of the molecule is O=C(OP)C1OCO1. The van der Waals surface area contributed by atoms with Crippen LogP contribution in [0.3, 0.4) is 0 Å². The van der Waals surface area contributed by atoms with Crippen molar-refractivity contribution in [2.45, 2.75) is 6.29 Å². The van der Waals surface area contributed by atoms with E-state index in [4.69, 9.17) is 0 Å². The highest BCUT2D eigenvalue weighted by Gasteiger charge is 2.27. The third-order valence-electron chi connectivity index (χ3n) is 0.747. The van der Waals surface area contributed by atoms with Crippen LogP contribution in [0.5, 0.6) is 0 Å².